The van der Waals surface area contributed by atoms with E-state index >= 15 is 0 Å². The quantitative estimate of drug-likeness (QED) is 0.743. The smallest absolute Gasteiger partial charge is 0.268 e. The lowest BCUT2D eigenvalue weighted by atomic mass is 10.1. The molecule has 0 spiro atoms. The van der Waals surface area contributed by atoms with Crippen LogP contribution in [0.3, 0.4) is 0 Å². The molecular formula is C17H20N2O3. The summed E-state index contributed by atoms with van der Waals surface area (Å²) in [5.74, 6) is -0.353. The Morgan fingerprint density at radius 2 is 2.09 bits per heavy atom. The Morgan fingerprint density at radius 3 is 2.77 bits per heavy atom. The van der Waals surface area contributed by atoms with Crippen molar-refractivity contribution >= 4 is 5.91 Å². The SMILES string of the molecule is C[C@H](Cc1ccc(O)c(O)c1)NC(=O)c1cccn1C1CC1. The van der Waals surface area contributed by atoms with Gasteiger partial charge in [-0.05, 0) is 56.0 Å². The molecule has 0 saturated heterocycles. The number of phenols is 2. The summed E-state index contributed by atoms with van der Waals surface area (Å²) in [6.45, 7) is 1.92. The molecule has 0 aliphatic heterocycles. The van der Waals surface area contributed by atoms with Crippen molar-refractivity contribution in [3.63, 3.8) is 0 Å². The fraction of sp³-hybridized carbons (Fsp3) is 0.353. The van der Waals surface area contributed by atoms with E-state index in [4.69, 9.17) is 0 Å². The maximum Gasteiger partial charge on any atom is 0.268 e. The summed E-state index contributed by atoms with van der Waals surface area (Å²) in [6, 6.07) is 8.86. The third-order valence-corrected chi connectivity index (χ3v) is 3.91. The van der Waals surface area contributed by atoms with Crippen LogP contribution >= 0.6 is 0 Å². The number of amides is 1. The average molecular weight is 300 g/mol. The minimum atomic E-state index is -0.140. The van der Waals surface area contributed by atoms with Gasteiger partial charge in [0.1, 0.15) is 5.69 Å². The number of carbonyl (C=O) groups is 1. The lowest BCUT2D eigenvalue weighted by molar-refractivity contribution is 0.0930. The largest absolute Gasteiger partial charge is 0.504 e. The lowest BCUT2D eigenvalue weighted by Crippen LogP contribution is -2.35. The molecule has 3 N–H and O–H groups in total. The molecule has 0 bridgehead atoms. The maximum absolute atomic E-state index is 12.4. The summed E-state index contributed by atoms with van der Waals surface area (Å²) in [7, 11) is 0. The monoisotopic (exact) mass is 300 g/mol. The third-order valence-electron chi connectivity index (χ3n) is 3.91. The van der Waals surface area contributed by atoms with Crippen molar-refractivity contribution in [3.05, 3.63) is 47.8 Å². The predicted octanol–water partition coefficient (Wildman–Crippen LogP) is 2.60. The number of benzene rings is 1. The summed E-state index contributed by atoms with van der Waals surface area (Å²) in [4.78, 5) is 12.4. The zero-order valence-corrected chi connectivity index (χ0v) is 12.5. The molecule has 1 atom stereocenters. The molecule has 1 fully saturated rings. The van der Waals surface area contributed by atoms with Crippen LogP contribution in [0.15, 0.2) is 36.5 Å². The number of nitrogens with one attached hydrogen (secondary N) is 1. The molecule has 1 aromatic carbocycles. The van der Waals surface area contributed by atoms with Crippen LogP contribution in [0.1, 0.15) is 41.9 Å². The van der Waals surface area contributed by atoms with Crippen LogP contribution in [0, 0.1) is 0 Å². The van der Waals surface area contributed by atoms with E-state index in [-0.39, 0.29) is 23.4 Å². The number of carbonyl (C=O) groups excluding carboxylic acids is 1. The van der Waals surface area contributed by atoms with Gasteiger partial charge in [0.2, 0.25) is 0 Å². The number of nitrogens with zero attached hydrogens (tertiary/aromatic N) is 1. The minimum absolute atomic E-state index is 0.0704. The van der Waals surface area contributed by atoms with Crippen LogP contribution < -0.4 is 5.32 Å². The van der Waals surface area contributed by atoms with Crippen LogP contribution in [-0.4, -0.2) is 26.7 Å². The van der Waals surface area contributed by atoms with Gasteiger partial charge in [-0.1, -0.05) is 6.07 Å². The second kappa shape index (κ2) is 5.75. The highest BCUT2D eigenvalue weighted by Crippen LogP contribution is 2.36. The number of aromatic nitrogens is 1. The van der Waals surface area contributed by atoms with E-state index in [1.165, 1.54) is 12.1 Å². The van der Waals surface area contributed by atoms with Crippen molar-refractivity contribution in [3.8, 4) is 11.5 Å². The molecule has 1 amide bonds. The van der Waals surface area contributed by atoms with Gasteiger partial charge in [-0.25, -0.2) is 0 Å². The van der Waals surface area contributed by atoms with E-state index in [2.05, 4.69) is 5.32 Å². The lowest BCUT2D eigenvalue weighted by Gasteiger charge is -2.15. The first kappa shape index (κ1) is 14.5. The second-order valence-electron chi connectivity index (χ2n) is 5.93. The highest BCUT2D eigenvalue weighted by atomic mass is 16.3. The van der Waals surface area contributed by atoms with Crippen molar-refractivity contribution in [2.24, 2.45) is 0 Å². The number of hydrogen-bond acceptors (Lipinski definition) is 3. The van der Waals surface area contributed by atoms with E-state index in [0.717, 1.165) is 18.4 Å². The normalized spacial score (nSPS) is 15.5. The van der Waals surface area contributed by atoms with Gasteiger partial charge in [0.05, 0.1) is 0 Å². The van der Waals surface area contributed by atoms with Crippen LogP contribution in [0.25, 0.3) is 0 Å². The highest BCUT2D eigenvalue weighted by molar-refractivity contribution is 5.93. The second-order valence-corrected chi connectivity index (χ2v) is 5.93. The van der Waals surface area contributed by atoms with Crippen molar-refractivity contribution in [1.29, 1.82) is 0 Å². The van der Waals surface area contributed by atoms with Crippen molar-refractivity contribution < 1.29 is 15.0 Å². The number of hydrogen-bond donors (Lipinski definition) is 3. The van der Waals surface area contributed by atoms with Gasteiger partial charge < -0.3 is 20.1 Å². The zero-order chi connectivity index (χ0) is 15.7. The molecule has 5 nitrogen and oxygen atoms in total. The molecule has 1 aliphatic rings. The van der Waals surface area contributed by atoms with Crippen LogP contribution in [0.4, 0.5) is 0 Å². The Labute approximate surface area is 129 Å². The summed E-state index contributed by atoms with van der Waals surface area (Å²) in [5, 5.41) is 21.8. The van der Waals surface area contributed by atoms with Gasteiger partial charge in [0.25, 0.3) is 5.91 Å². The van der Waals surface area contributed by atoms with E-state index in [1.807, 2.05) is 29.8 Å². The first-order valence-corrected chi connectivity index (χ1v) is 7.53. The predicted molar refractivity (Wildman–Crippen MR) is 83.1 cm³/mol. The van der Waals surface area contributed by atoms with Gasteiger partial charge in [-0.2, -0.15) is 0 Å². The first-order chi connectivity index (χ1) is 10.5. The molecule has 1 aromatic heterocycles. The van der Waals surface area contributed by atoms with Crippen molar-refractivity contribution in [2.75, 3.05) is 0 Å². The summed E-state index contributed by atoms with van der Waals surface area (Å²) >= 11 is 0. The maximum atomic E-state index is 12.4. The Hall–Kier alpha value is -2.43. The zero-order valence-electron chi connectivity index (χ0n) is 12.5. The molecule has 1 saturated carbocycles. The Kier molecular flexibility index (Phi) is 3.79. The summed E-state index contributed by atoms with van der Waals surface area (Å²) in [5.41, 5.74) is 1.56. The van der Waals surface area contributed by atoms with Gasteiger partial charge in [-0.3, -0.25) is 4.79 Å². The molecule has 3 rings (SSSR count). The van der Waals surface area contributed by atoms with Gasteiger partial charge in [0.15, 0.2) is 11.5 Å². The topological polar surface area (TPSA) is 74.5 Å². The van der Waals surface area contributed by atoms with E-state index < -0.39 is 0 Å². The molecular weight excluding hydrogens is 280 g/mol. The fourth-order valence-corrected chi connectivity index (χ4v) is 2.66. The standard InChI is InChI=1S/C17H20N2O3/c1-11(9-12-4-7-15(20)16(21)10-12)18-17(22)14-3-2-8-19(14)13-5-6-13/h2-4,7-8,10-11,13,20-21H,5-6,9H2,1H3,(H,18,22)/t11-/m1/s1. The molecule has 1 heterocycles. The highest BCUT2D eigenvalue weighted by Gasteiger charge is 2.27. The fourth-order valence-electron chi connectivity index (χ4n) is 2.66. The van der Waals surface area contributed by atoms with E-state index in [1.54, 1.807) is 6.07 Å². The van der Waals surface area contributed by atoms with Gasteiger partial charge in [0, 0.05) is 18.3 Å². The molecule has 0 unspecified atom stereocenters. The molecule has 2 aromatic rings. The first-order valence-electron chi connectivity index (χ1n) is 7.53. The van der Waals surface area contributed by atoms with E-state index in [9.17, 15) is 15.0 Å². The van der Waals surface area contributed by atoms with Crippen molar-refractivity contribution in [1.82, 2.24) is 9.88 Å². The molecule has 5 heteroatoms. The average Bonchev–Trinajstić information content (AvgIpc) is 3.19. The number of phenolic OH excluding ortho intramolecular Hbond substituents is 2. The van der Waals surface area contributed by atoms with Crippen molar-refractivity contribution in [2.45, 2.75) is 38.3 Å². The van der Waals surface area contributed by atoms with Gasteiger partial charge in [-0.15, -0.1) is 0 Å². The van der Waals surface area contributed by atoms with E-state index in [0.29, 0.717) is 18.2 Å². The summed E-state index contributed by atoms with van der Waals surface area (Å²) in [6.07, 6.45) is 4.81. The number of aromatic hydroxyl groups is 2. The van der Waals surface area contributed by atoms with Crippen LogP contribution in [-0.2, 0) is 6.42 Å². The molecule has 1 aliphatic carbocycles. The number of rotatable bonds is 5. The Bertz CT molecular complexity index is 689. The Morgan fingerprint density at radius 1 is 1.32 bits per heavy atom. The van der Waals surface area contributed by atoms with Crippen LogP contribution in [0.2, 0.25) is 0 Å². The summed E-state index contributed by atoms with van der Waals surface area (Å²) < 4.78 is 2.04. The minimum Gasteiger partial charge on any atom is -0.504 e. The molecule has 0 radical (unpaired) electrons. The van der Waals surface area contributed by atoms with Gasteiger partial charge >= 0.3 is 0 Å². The van der Waals surface area contributed by atoms with Crippen LogP contribution in [0.5, 0.6) is 11.5 Å². The third kappa shape index (κ3) is 3.08. The molecule has 116 valence electrons. The Balaban J connectivity index is 1.63. The molecule has 22 heavy (non-hydrogen) atoms.